The van der Waals surface area contributed by atoms with Crippen molar-refractivity contribution >= 4 is 11.8 Å². The molecule has 1 aliphatic carbocycles. The summed E-state index contributed by atoms with van der Waals surface area (Å²) in [5, 5.41) is 2.80. The molecule has 2 rings (SSSR count). The Kier molecular flexibility index (Phi) is 3.97. The molecule has 1 aliphatic rings. The van der Waals surface area contributed by atoms with Crippen LogP contribution in [0, 0.1) is 0 Å². The molecule has 3 N–H and O–H groups in total. The van der Waals surface area contributed by atoms with Gasteiger partial charge in [0.2, 0.25) is 11.8 Å². The Bertz CT molecular complexity index is 506. The molecular formula is C15H20N2O3. The van der Waals surface area contributed by atoms with E-state index < -0.39 is 11.4 Å². The third kappa shape index (κ3) is 2.76. The minimum Gasteiger partial charge on any atom is -0.497 e. The van der Waals surface area contributed by atoms with Crippen LogP contribution >= 0.6 is 0 Å². The van der Waals surface area contributed by atoms with Crippen LogP contribution in [0.4, 0.5) is 0 Å². The van der Waals surface area contributed by atoms with E-state index in [4.69, 9.17) is 10.5 Å². The van der Waals surface area contributed by atoms with Crippen LogP contribution < -0.4 is 15.8 Å². The largest absolute Gasteiger partial charge is 0.497 e. The first-order valence-corrected chi connectivity index (χ1v) is 6.78. The molecule has 1 aromatic rings. The first-order valence-electron chi connectivity index (χ1n) is 6.78. The van der Waals surface area contributed by atoms with Crippen molar-refractivity contribution < 1.29 is 14.3 Å². The molecule has 0 saturated heterocycles. The highest BCUT2D eigenvalue weighted by atomic mass is 16.5. The van der Waals surface area contributed by atoms with Crippen molar-refractivity contribution in [3.63, 3.8) is 0 Å². The maximum absolute atomic E-state index is 12.3. The van der Waals surface area contributed by atoms with E-state index in [0.717, 1.165) is 11.3 Å². The van der Waals surface area contributed by atoms with Gasteiger partial charge in [-0.05, 0) is 37.0 Å². The van der Waals surface area contributed by atoms with Crippen molar-refractivity contribution in [3.8, 4) is 5.75 Å². The summed E-state index contributed by atoms with van der Waals surface area (Å²) in [7, 11) is 1.60. The molecule has 0 spiro atoms. The van der Waals surface area contributed by atoms with Gasteiger partial charge in [-0.2, -0.15) is 0 Å². The molecule has 1 aromatic carbocycles. The summed E-state index contributed by atoms with van der Waals surface area (Å²) in [6, 6.07) is 7.39. The molecule has 0 unspecified atom stereocenters. The van der Waals surface area contributed by atoms with Crippen molar-refractivity contribution in [1.29, 1.82) is 0 Å². The molecule has 1 saturated carbocycles. The normalized spacial score (nSPS) is 17.1. The lowest BCUT2D eigenvalue weighted by atomic mass is 9.95. The van der Waals surface area contributed by atoms with Gasteiger partial charge in [-0.1, -0.05) is 19.1 Å². The van der Waals surface area contributed by atoms with Gasteiger partial charge in [0, 0.05) is 0 Å². The van der Waals surface area contributed by atoms with Crippen molar-refractivity contribution in [1.82, 2.24) is 5.32 Å². The average molecular weight is 276 g/mol. The van der Waals surface area contributed by atoms with E-state index in [-0.39, 0.29) is 11.8 Å². The lowest BCUT2D eigenvalue weighted by Crippen LogP contribution is -2.48. The highest BCUT2D eigenvalue weighted by Gasteiger charge is 2.50. The van der Waals surface area contributed by atoms with Gasteiger partial charge in [0.1, 0.15) is 11.3 Å². The van der Waals surface area contributed by atoms with E-state index in [0.29, 0.717) is 19.3 Å². The number of benzene rings is 1. The number of primary amides is 1. The molecule has 20 heavy (non-hydrogen) atoms. The second-order valence-electron chi connectivity index (χ2n) is 5.17. The van der Waals surface area contributed by atoms with E-state index in [1.807, 2.05) is 31.2 Å². The van der Waals surface area contributed by atoms with Crippen LogP contribution in [-0.4, -0.2) is 24.5 Å². The number of amides is 2. The molecule has 1 fully saturated rings. The van der Waals surface area contributed by atoms with Crippen LogP contribution in [0.25, 0.3) is 0 Å². The molecule has 0 radical (unpaired) electrons. The number of ether oxygens (including phenoxy) is 1. The Hall–Kier alpha value is -2.04. The van der Waals surface area contributed by atoms with Crippen LogP contribution in [0.1, 0.15) is 37.7 Å². The number of carbonyl (C=O) groups is 2. The second-order valence-corrected chi connectivity index (χ2v) is 5.17. The summed E-state index contributed by atoms with van der Waals surface area (Å²) in [5.41, 5.74) is 5.43. The third-order valence-electron chi connectivity index (χ3n) is 3.83. The van der Waals surface area contributed by atoms with Gasteiger partial charge in [0.15, 0.2) is 0 Å². The summed E-state index contributed by atoms with van der Waals surface area (Å²) in [4.78, 5) is 23.7. The van der Waals surface area contributed by atoms with Gasteiger partial charge in [-0.15, -0.1) is 0 Å². The summed E-state index contributed by atoms with van der Waals surface area (Å²) in [6.45, 7) is 1.94. The predicted molar refractivity (Wildman–Crippen MR) is 75.3 cm³/mol. The zero-order valence-corrected chi connectivity index (χ0v) is 11.8. The van der Waals surface area contributed by atoms with Crippen molar-refractivity contribution in [2.75, 3.05) is 7.11 Å². The quantitative estimate of drug-likeness (QED) is 0.822. The number of nitrogens with one attached hydrogen (secondary N) is 1. The lowest BCUT2D eigenvalue weighted by molar-refractivity contribution is -0.129. The average Bonchev–Trinajstić information content (AvgIpc) is 3.21. The first kappa shape index (κ1) is 14.4. The van der Waals surface area contributed by atoms with Crippen molar-refractivity contribution in [2.45, 2.75) is 37.6 Å². The summed E-state index contributed by atoms with van der Waals surface area (Å²) in [6.07, 6.45) is 1.92. The minimum absolute atomic E-state index is 0.144. The van der Waals surface area contributed by atoms with Crippen LogP contribution in [0.3, 0.4) is 0 Å². The summed E-state index contributed by atoms with van der Waals surface area (Å²) in [5.74, 6) is -0.123. The fourth-order valence-corrected chi connectivity index (χ4v) is 2.29. The summed E-state index contributed by atoms with van der Waals surface area (Å²) >= 11 is 0. The van der Waals surface area contributed by atoms with E-state index in [9.17, 15) is 9.59 Å². The zero-order chi connectivity index (χ0) is 14.8. The van der Waals surface area contributed by atoms with Gasteiger partial charge in [0.25, 0.3) is 0 Å². The van der Waals surface area contributed by atoms with Crippen LogP contribution in [0.2, 0.25) is 0 Å². The lowest BCUT2D eigenvalue weighted by Gasteiger charge is -2.20. The predicted octanol–water partition coefficient (Wildman–Crippen LogP) is 1.32. The maximum Gasteiger partial charge on any atom is 0.243 e. The molecule has 5 heteroatoms. The van der Waals surface area contributed by atoms with E-state index in [2.05, 4.69) is 5.32 Å². The fourth-order valence-electron chi connectivity index (χ4n) is 2.29. The Morgan fingerprint density at radius 3 is 2.35 bits per heavy atom. The van der Waals surface area contributed by atoms with E-state index in [1.54, 1.807) is 7.11 Å². The van der Waals surface area contributed by atoms with Crippen LogP contribution in [0.15, 0.2) is 24.3 Å². The zero-order valence-electron chi connectivity index (χ0n) is 11.8. The van der Waals surface area contributed by atoms with Gasteiger partial charge in [-0.25, -0.2) is 0 Å². The van der Waals surface area contributed by atoms with Gasteiger partial charge >= 0.3 is 0 Å². The monoisotopic (exact) mass is 276 g/mol. The molecule has 1 atom stereocenters. The number of hydrogen-bond acceptors (Lipinski definition) is 3. The Morgan fingerprint density at radius 2 is 1.95 bits per heavy atom. The Labute approximate surface area is 118 Å². The molecular weight excluding hydrogens is 256 g/mol. The Balaban J connectivity index is 2.11. The minimum atomic E-state index is -0.809. The summed E-state index contributed by atoms with van der Waals surface area (Å²) < 4.78 is 5.10. The van der Waals surface area contributed by atoms with E-state index >= 15 is 0 Å². The molecule has 0 bridgehead atoms. The van der Waals surface area contributed by atoms with E-state index in [1.165, 1.54) is 0 Å². The van der Waals surface area contributed by atoms with Gasteiger partial charge < -0.3 is 15.8 Å². The molecule has 0 heterocycles. The topological polar surface area (TPSA) is 81.4 Å². The second kappa shape index (κ2) is 5.53. The number of hydrogen-bond donors (Lipinski definition) is 2. The number of carbonyl (C=O) groups excluding carboxylic acids is 2. The molecule has 0 aromatic heterocycles. The smallest absolute Gasteiger partial charge is 0.243 e. The van der Waals surface area contributed by atoms with Crippen molar-refractivity contribution in [2.24, 2.45) is 5.73 Å². The van der Waals surface area contributed by atoms with Crippen molar-refractivity contribution in [3.05, 3.63) is 29.8 Å². The van der Waals surface area contributed by atoms with Gasteiger partial charge in [0.05, 0.1) is 13.0 Å². The standard InChI is InChI=1S/C15H20N2O3/c1-3-12(10-4-6-11(20-2)7-5-10)13(18)17-15(8-9-15)14(16)19/h4-7,12H,3,8-9H2,1-2H3,(H2,16,19)(H,17,18)/t12-/m0/s1. The molecule has 0 aliphatic heterocycles. The third-order valence-corrected chi connectivity index (χ3v) is 3.83. The molecule has 108 valence electrons. The molecule has 5 nitrogen and oxygen atoms in total. The Morgan fingerprint density at radius 1 is 1.35 bits per heavy atom. The fraction of sp³-hybridized carbons (Fsp3) is 0.467. The highest BCUT2D eigenvalue weighted by Crippen LogP contribution is 2.36. The highest BCUT2D eigenvalue weighted by molar-refractivity contribution is 5.95. The number of nitrogens with two attached hydrogens (primary N) is 1. The molecule has 2 amide bonds. The first-order chi connectivity index (χ1) is 9.52. The van der Waals surface area contributed by atoms with Gasteiger partial charge in [-0.3, -0.25) is 9.59 Å². The van der Waals surface area contributed by atoms with Crippen LogP contribution in [-0.2, 0) is 9.59 Å². The van der Waals surface area contributed by atoms with Crippen LogP contribution in [0.5, 0.6) is 5.75 Å². The maximum atomic E-state index is 12.3. The number of rotatable bonds is 6. The number of methoxy groups -OCH3 is 1. The SMILES string of the molecule is CC[C@H](C(=O)NC1(C(N)=O)CC1)c1ccc(OC)cc1.